The zero-order valence-electron chi connectivity index (χ0n) is 16.8. The molecule has 4 atom stereocenters. The molecule has 2 bridgehead atoms. The first-order valence-corrected chi connectivity index (χ1v) is 10.1. The average Bonchev–Trinajstić information content (AvgIpc) is 3.00. The Morgan fingerprint density at radius 2 is 2.07 bits per heavy atom. The van der Waals surface area contributed by atoms with Crippen LogP contribution in [0, 0.1) is 0 Å². The van der Waals surface area contributed by atoms with Gasteiger partial charge >= 0.3 is 0 Å². The second-order valence-electron chi connectivity index (χ2n) is 8.18. The van der Waals surface area contributed by atoms with Gasteiger partial charge in [-0.2, -0.15) is 0 Å². The summed E-state index contributed by atoms with van der Waals surface area (Å²) >= 11 is 0. The van der Waals surface area contributed by atoms with E-state index in [9.17, 15) is 9.90 Å². The van der Waals surface area contributed by atoms with Crippen molar-refractivity contribution in [1.82, 2.24) is 24.5 Å². The number of rotatable bonds is 3. The third kappa shape index (κ3) is 2.92. The van der Waals surface area contributed by atoms with Crippen LogP contribution in [0.3, 0.4) is 0 Å². The molecule has 2 aliphatic rings. The number of aromatic nitrogens is 4. The number of piperidine rings is 1. The number of halogens is 1. The predicted molar refractivity (Wildman–Crippen MR) is 110 cm³/mol. The highest BCUT2D eigenvalue weighted by Crippen LogP contribution is 2.38. The van der Waals surface area contributed by atoms with Gasteiger partial charge in [0.05, 0.1) is 17.3 Å². The van der Waals surface area contributed by atoms with E-state index >= 15 is 4.39 Å². The maximum atomic E-state index is 15.1. The molecule has 0 aromatic carbocycles. The van der Waals surface area contributed by atoms with Gasteiger partial charge in [-0.05, 0) is 38.4 Å². The number of pyridine rings is 1. The molecule has 2 fully saturated rings. The van der Waals surface area contributed by atoms with Gasteiger partial charge < -0.3 is 10.0 Å². The molecule has 2 saturated heterocycles. The molecule has 1 N–H and O–H groups in total. The van der Waals surface area contributed by atoms with Crippen molar-refractivity contribution in [3.8, 4) is 17.0 Å². The highest BCUT2D eigenvalue weighted by Gasteiger charge is 2.47. The molecule has 156 valence electrons. The Kier molecular flexibility index (Phi) is 4.43. The van der Waals surface area contributed by atoms with E-state index in [1.54, 1.807) is 12.1 Å². The molecule has 3 aromatic rings. The van der Waals surface area contributed by atoms with Crippen molar-refractivity contribution in [2.75, 3.05) is 19.0 Å². The summed E-state index contributed by atoms with van der Waals surface area (Å²) in [5.74, 6) is 0.536. The molecular weight excluding hydrogens is 387 g/mol. The highest BCUT2D eigenvalue weighted by molar-refractivity contribution is 5.69. The SMILES string of the molecule is CN1C2CCC1[C@@H](F)[C@@H](N(C)c1ccc(-c3cn4c(=O)ccnc4cc3O)nn1)C2. The van der Waals surface area contributed by atoms with E-state index in [-0.39, 0.29) is 23.4 Å². The molecule has 0 radical (unpaired) electrons. The molecule has 0 spiro atoms. The minimum atomic E-state index is -0.941. The van der Waals surface area contributed by atoms with Crippen LogP contribution in [0.15, 0.2) is 41.5 Å². The van der Waals surface area contributed by atoms with E-state index in [1.165, 1.54) is 28.9 Å². The van der Waals surface area contributed by atoms with Crippen LogP contribution < -0.4 is 10.5 Å². The Morgan fingerprint density at radius 3 is 2.83 bits per heavy atom. The number of hydrogen-bond acceptors (Lipinski definition) is 7. The molecule has 0 saturated carbocycles. The van der Waals surface area contributed by atoms with Gasteiger partial charge in [-0.25, -0.2) is 9.37 Å². The number of aromatic hydroxyl groups is 1. The van der Waals surface area contributed by atoms with E-state index in [0.717, 1.165) is 19.3 Å². The highest BCUT2D eigenvalue weighted by atomic mass is 19.1. The van der Waals surface area contributed by atoms with Gasteiger partial charge in [0.2, 0.25) is 0 Å². The first kappa shape index (κ1) is 18.9. The van der Waals surface area contributed by atoms with E-state index < -0.39 is 6.17 Å². The molecule has 0 amide bonds. The molecule has 9 heteroatoms. The van der Waals surface area contributed by atoms with Crippen LogP contribution in [0.25, 0.3) is 16.9 Å². The zero-order valence-corrected chi connectivity index (χ0v) is 16.8. The maximum absolute atomic E-state index is 15.1. The molecule has 8 nitrogen and oxygen atoms in total. The second-order valence-corrected chi connectivity index (χ2v) is 8.18. The number of alkyl halides is 1. The van der Waals surface area contributed by atoms with Crippen LogP contribution in [0.4, 0.5) is 10.2 Å². The monoisotopic (exact) mass is 410 g/mol. The molecule has 2 aliphatic heterocycles. The molecule has 0 aliphatic carbocycles. The third-order valence-electron chi connectivity index (χ3n) is 6.64. The smallest absolute Gasteiger partial charge is 0.257 e. The van der Waals surface area contributed by atoms with Crippen LogP contribution in [-0.2, 0) is 0 Å². The summed E-state index contributed by atoms with van der Waals surface area (Å²) in [6.07, 6.45) is 4.65. The Balaban J connectivity index is 1.44. The topological polar surface area (TPSA) is 86.9 Å². The lowest BCUT2D eigenvalue weighted by Crippen LogP contribution is -2.56. The minimum Gasteiger partial charge on any atom is -0.507 e. The summed E-state index contributed by atoms with van der Waals surface area (Å²) in [5.41, 5.74) is 0.887. The summed E-state index contributed by atoms with van der Waals surface area (Å²) < 4.78 is 16.5. The van der Waals surface area contributed by atoms with Crippen molar-refractivity contribution in [2.45, 2.75) is 43.6 Å². The van der Waals surface area contributed by atoms with Gasteiger partial charge in [0.1, 0.15) is 17.6 Å². The summed E-state index contributed by atoms with van der Waals surface area (Å²) in [4.78, 5) is 20.2. The molecular formula is C21H23FN6O2. The fourth-order valence-corrected chi connectivity index (χ4v) is 4.83. The maximum Gasteiger partial charge on any atom is 0.257 e. The van der Waals surface area contributed by atoms with Gasteiger partial charge in [-0.15, -0.1) is 10.2 Å². The van der Waals surface area contributed by atoms with E-state index in [4.69, 9.17) is 0 Å². The van der Waals surface area contributed by atoms with Crippen LogP contribution in [-0.4, -0.2) is 68.0 Å². The largest absolute Gasteiger partial charge is 0.507 e. The van der Waals surface area contributed by atoms with Crippen LogP contribution in [0.5, 0.6) is 5.75 Å². The molecule has 2 unspecified atom stereocenters. The zero-order chi connectivity index (χ0) is 21.0. The van der Waals surface area contributed by atoms with Crippen LogP contribution in [0.1, 0.15) is 19.3 Å². The molecule has 5 heterocycles. The Morgan fingerprint density at radius 1 is 1.23 bits per heavy atom. The van der Waals surface area contributed by atoms with Gasteiger partial charge in [-0.1, -0.05) is 0 Å². The van der Waals surface area contributed by atoms with Crippen molar-refractivity contribution >= 4 is 11.5 Å². The number of anilines is 1. The lowest BCUT2D eigenvalue weighted by atomic mass is 9.95. The van der Waals surface area contributed by atoms with Gasteiger partial charge in [0.15, 0.2) is 5.82 Å². The normalized spacial score (nSPS) is 26.2. The van der Waals surface area contributed by atoms with E-state index in [0.29, 0.717) is 28.8 Å². The number of fused-ring (bicyclic) bond motifs is 3. The van der Waals surface area contributed by atoms with Crippen molar-refractivity contribution in [3.63, 3.8) is 0 Å². The fraction of sp³-hybridized carbons (Fsp3) is 0.429. The first-order chi connectivity index (χ1) is 14.4. The van der Waals surface area contributed by atoms with Gasteiger partial charge in [0, 0.05) is 43.7 Å². The lowest BCUT2D eigenvalue weighted by molar-refractivity contribution is 0.0701. The summed E-state index contributed by atoms with van der Waals surface area (Å²) in [5, 5.41) is 18.9. The van der Waals surface area contributed by atoms with Crippen LogP contribution in [0.2, 0.25) is 0 Å². The van der Waals surface area contributed by atoms with Gasteiger partial charge in [0.25, 0.3) is 5.56 Å². The number of nitrogens with zero attached hydrogens (tertiary/aromatic N) is 6. The second kappa shape index (κ2) is 7.02. The van der Waals surface area contributed by atoms with Crippen molar-refractivity contribution in [3.05, 3.63) is 47.0 Å². The van der Waals surface area contributed by atoms with Crippen molar-refractivity contribution in [1.29, 1.82) is 0 Å². The summed E-state index contributed by atoms with van der Waals surface area (Å²) in [7, 11) is 3.86. The van der Waals surface area contributed by atoms with Gasteiger partial charge in [-0.3, -0.25) is 14.1 Å². The molecule has 5 rings (SSSR count). The minimum absolute atomic E-state index is 0.0371. The fourth-order valence-electron chi connectivity index (χ4n) is 4.83. The van der Waals surface area contributed by atoms with E-state index in [2.05, 4.69) is 20.1 Å². The molecule has 3 aromatic heterocycles. The Hall–Kier alpha value is -3.07. The standard InChI is InChI=1S/C21H23FN6O2/c1-26-12-3-5-15(26)21(22)16(9-12)27(2)18-6-4-14(24-25-18)13-11-28-19(10-17(13)29)23-8-7-20(28)30/h4,6-8,10-12,15-16,21,29H,3,5,9H2,1-2H3/t12?,15?,16-,21+/m0/s1. The third-order valence-corrected chi connectivity index (χ3v) is 6.64. The lowest BCUT2D eigenvalue weighted by Gasteiger charge is -2.43. The Labute approximate surface area is 172 Å². The number of hydrogen-bond donors (Lipinski definition) is 1. The van der Waals surface area contributed by atoms with E-state index in [1.807, 2.05) is 19.0 Å². The van der Waals surface area contributed by atoms with Crippen molar-refractivity contribution < 1.29 is 9.50 Å². The quantitative estimate of drug-likeness (QED) is 0.705. The summed E-state index contributed by atoms with van der Waals surface area (Å²) in [6.45, 7) is 0. The predicted octanol–water partition coefficient (Wildman–Crippen LogP) is 1.87. The molecule has 30 heavy (non-hydrogen) atoms. The summed E-state index contributed by atoms with van der Waals surface area (Å²) in [6, 6.07) is 6.38. The van der Waals surface area contributed by atoms with Crippen LogP contribution >= 0.6 is 0 Å². The van der Waals surface area contributed by atoms with Crippen molar-refractivity contribution in [2.24, 2.45) is 0 Å². The first-order valence-electron chi connectivity index (χ1n) is 10.1. The average molecular weight is 410 g/mol. The Bertz CT molecular complexity index is 1150.